The fourth-order valence-electron chi connectivity index (χ4n) is 1.79. The van der Waals surface area contributed by atoms with Crippen LogP contribution in [0, 0.1) is 0 Å². The second-order valence-electron chi connectivity index (χ2n) is 4.90. The zero-order valence-corrected chi connectivity index (χ0v) is 15.2. The average Bonchev–Trinajstić information content (AvgIpc) is 3.18. The molecule has 2 aromatic rings. The van der Waals surface area contributed by atoms with Gasteiger partial charge in [0, 0.05) is 31.0 Å². The minimum absolute atomic E-state index is 0.0269. The molecular weight excluding hydrogens is 336 g/mol. The van der Waals surface area contributed by atoms with E-state index in [4.69, 9.17) is 4.52 Å². The minimum atomic E-state index is -0.439. The molecule has 0 aliphatic rings. The van der Waals surface area contributed by atoms with Gasteiger partial charge < -0.3 is 9.84 Å². The van der Waals surface area contributed by atoms with Crippen LogP contribution in [0.15, 0.2) is 40.9 Å². The molecule has 0 saturated heterocycles. The highest BCUT2D eigenvalue weighted by Crippen LogP contribution is 2.19. The summed E-state index contributed by atoms with van der Waals surface area (Å²) in [6.07, 6.45) is 0.298. The first-order valence-electron chi connectivity index (χ1n) is 8.48. The van der Waals surface area contributed by atoms with E-state index in [0.29, 0.717) is 5.76 Å². The van der Waals surface area contributed by atoms with Gasteiger partial charge >= 0.3 is 0 Å². The molecule has 0 atom stereocenters. The lowest BCUT2D eigenvalue weighted by molar-refractivity contribution is -0.128. The molecule has 0 fully saturated rings. The first kappa shape index (κ1) is 20.9. The number of aromatic nitrogens is 1. The summed E-state index contributed by atoms with van der Waals surface area (Å²) >= 11 is 0. The maximum Gasteiger partial charge on any atom is 0.273 e. The SMILES string of the molecule is CC.CCC(=O)NNC(=O)CCNC(=O)c1cc(-c2ccccc2)on1. The summed E-state index contributed by atoms with van der Waals surface area (Å²) in [4.78, 5) is 34.4. The van der Waals surface area contributed by atoms with Crippen LogP contribution >= 0.6 is 0 Å². The molecule has 0 saturated carbocycles. The van der Waals surface area contributed by atoms with Crippen molar-refractivity contribution >= 4 is 17.7 Å². The number of hydrazine groups is 1. The maximum absolute atomic E-state index is 11.9. The predicted molar refractivity (Wildman–Crippen MR) is 96.8 cm³/mol. The van der Waals surface area contributed by atoms with Crippen LogP contribution in [0.2, 0.25) is 0 Å². The number of carbonyl (C=O) groups excluding carboxylic acids is 3. The average molecular weight is 360 g/mol. The molecule has 1 aromatic carbocycles. The number of hydrogen-bond donors (Lipinski definition) is 3. The van der Waals surface area contributed by atoms with E-state index in [2.05, 4.69) is 21.3 Å². The third-order valence-electron chi connectivity index (χ3n) is 3.10. The number of carbonyl (C=O) groups is 3. The third-order valence-corrected chi connectivity index (χ3v) is 3.10. The first-order valence-corrected chi connectivity index (χ1v) is 8.48. The second-order valence-corrected chi connectivity index (χ2v) is 4.90. The van der Waals surface area contributed by atoms with E-state index >= 15 is 0 Å². The summed E-state index contributed by atoms with van der Waals surface area (Å²) < 4.78 is 5.14. The van der Waals surface area contributed by atoms with Crippen LogP contribution in [0.3, 0.4) is 0 Å². The Morgan fingerprint density at radius 3 is 2.35 bits per heavy atom. The van der Waals surface area contributed by atoms with E-state index in [1.165, 1.54) is 6.07 Å². The van der Waals surface area contributed by atoms with E-state index in [1.807, 2.05) is 44.2 Å². The number of nitrogens with one attached hydrogen (secondary N) is 3. The monoisotopic (exact) mass is 360 g/mol. The topological polar surface area (TPSA) is 113 Å². The highest BCUT2D eigenvalue weighted by Gasteiger charge is 2.13. The molecule has 1 heterocycles. The lowest BCUT2D eigenvalue weighted by Crippen LogP contribution is -2.42. The van der Waals surface area contributed by atoms with Crippen molar-refractivity contribution in [1.82, 2.24) is 21.3 Å². The standard InChI is InChI=1S/C16H18N4O4.C2H6/c1-2-14(21)18-19-15(22)8-9-17-16(23)12-10-13(24-20-12)11-6-4-3-5-7-11;1-2/h3-7,10H,2,8-9H2,1H3,(H,17,23)(H,18,21)(H,19,22);1-2H3. The van der Waals surface area contributed by atoms with Crippen molar-refractivity contribution in [3.8, 4) is 11.3 Å². The van der Waals surface area contributed by atoms with Gasteiger partial charge in [0.15, 0.2) is 11.5 Å². The van der Waals surface area contributed by atoms with Gasteiger partial charge in [-0.25, -0.2) is 0 Å². The molecule has 0 spiro atoms. The van der Waals surface area contributed by atoms with Crippen LogP contribution in [0.4, 0.5) is 0 Å². The number of hydrogen-bond acceptors (Lipinski definition) is 5. The Labute approximate surface area is 152 Å². The van der Waals surface area contributed by atoms with Gasteiger partial charge in [0.05, 0.1) is 0 Å². The largest absolute Gasteiger partial charge is 0.355 e. The van der Waals surface area contributed by atoms with Crippen LogP contribution in [-0.2, 0) is 9.59 Å². The van der Waals surface area contributed by atoms with Crippen LogP contribution < -0.4 is 16.2 Å². The van der Waals surface area contributed by atoms with Gasteiger partial charge in [-0.15, -0.1) is 0 Å². The molecule has 1 aromatic heterocycles. The molecule has 2 rings (SSSR count). The maximum atomic E-state index is 11.9. The first-order chi connectivity index (χ1) is 12.6. The molecule has 140 valence electrons. The molecular formula is C18H24N4O4. The lowest BCUT2D eigenvalue weighted by Gasteiger charge is -2.06. The molecule has 0 radical (unpaired) electrons. The normalized spacial score (nSPS) is 9.50. The zero-order chi connectivity index (χ0) is 19.4. The van der Waals surface area contributed by atoms with Crippen molar-refractivity contribution < 1.29 is 18.9 Å². The summed E-state index contributed by atoms with van der Waals surface area (Å²) in [6.45, 7) is 5.78. The molecule has 3 amide bonds. The highest BCUT2D eigenvalue weighted by atomic mass is 16.5. The molecule has 3 N–H and O–H groups in total. The van der Waals surface area contributed by atoms with Crippen molar-refractivity contribution in [3.63, 3.8) is 0 Å². The summed E-state index contributed by atoms with van der Waals surface area (Å²) in [5.41, 5.74) is 5.44. The lowest BCUT2D eigenvalue weighted by atomic mass is 10.1. The van der Waals surface area contributed by atoms with Crippen LogP contribution in [0.5, 0.6) is 0 Å². The van der Waals surface area contributed by atoms with Crippen molar-refractivity contribution in [3.05, 3.63) is 42.1 Å². The molecule has 0 aliphatic carbocycles. The molecule has 8 nitrogen and oxygen atoms in total. The van der Waals surface area contributed by atoms with Gasteiger partial charge in [0.25, 0.3) is 5.91 Å². The Morgan fingerprint density at radius 2 is 1.69 bits per heavy atom. The van der Waals surface area contributed by atoms with Crippen LogP contribution in [0.1, 0.15) is 44.1 Å². The highest BCUT2D eigenvalue weighted by molar-refractivity contribution is 5.93. The van der Waals surface area contributed by atoms with Gasteiger partial charge in [-0.3, -0.25) is 25.2 Å². The fourth-order valence-corrected chi connectivity index (χ4v) is 1.79. The second kappa shape index (κ2) is 11.4. The van der Waals surface area contributed by atoms with Crippen molar-refractivity contribution in [2.24, 2.45) is 0 Å². The van der Waals surface area contributed by atoms with E-state index < -0.39 is 11.8 Å². The summed E-state index contributed by atoms with van der Waals surface area (Å²) in [5.74, 6) is -0.641. The Balaban J connectivity index is 0.00000163. The number of amides is 3. The fraction of sp³-hybridized carbons (Fsp3) is 0.333. The number of benzene rings is 1. The van der Waals surface area contributed by atoms with Crippen LogP contribution in [-0.4, -0.2) is 29.4 Å². The summed E-state index contributed by atoms with van der Waals surface area (Å²) in [7, 11) is 0. The van der Waals surface area contributed by atoms with E-state index in [9.17, 15) is 14.4 Å². The molecule has 0 aliphatic heterocycles. The van der Waals surface area contributed by atoms with E-state index in [-0.39, 0.29) is 31.0 Å². The van der Waals surface area contributed by atoms with Gasteiger partial charge in [0.1, 0.15) is 0 Å². The summed E-state index contributed by atoms with van der Waals surface area (Å²) in [5, 5.41) is 6.28. The minimum Gasteiger partial charge on any atom is -0.355 e. The van der Waals surface area contributed by atoms with Gasteiger partial charge in [-0.2, -0.15) is 0 Å². The Morgan fingerprint density at radius 1 is 1.04 bits per heavy atom. The van der Waals surface area contributed by atoms with E-state index in [0.717, 1.165) is 5.56 Å². The smallest absolute Gasteiger partial charge is 0.273 e. The summed E-state index contributed by atoms with van der Waals surface area (Å²) in [6, 6.07) is 10.8. The van der Waals surface area contributed by atoms with Crippen LogP contribution in [0.25, 0.3) is 11.3 Å². The quantitative estimate of drug-likeness (QED) is 0.682. The Hall–Kier alpha value is -3.16. The molecule has 8 heteroatoms. The Bertz CT molecular complexity index is 713. The number of rotatable bonds is 6. The molecule has 0 unspecified atom stereocenters. The molecule has 26 heavy (non-hydrogen) atoms. The van der Waals surface area contributed by atoms with Gasteiger partial charge in [-0.1, -0.05) is 56.3 Å². The van der Waals surface area contributed by atoms with Crippen molar-refractivity contribution in [2.75, 3.05) is 6.54 Å². The Kier molecular flexibility index (Phi) is 9.16. The van der Waals surface area contributed by atoms with E-state index in [1.54, 1.807) is 6.92 Å². The predicted octanol–water partition coefficient (Wildman–Crippen LogP) is 2.05. The van der Waals surface area contributed by atoms with Gasteiger partial charge in [0.2, 0.25) is 11.8 Å². The third kappa shape index (κ3) is 6.76. The zero-order valence-electron chi connectivity index (χ0n) is 15.2. The van der Waals surface area contributed by atoms with Crippen molar-refractivity contribution in [1.29, 1.82) is 0 Å². The van der Waals surface area contributed by atoms with Gasteiger partial charge in [-0.05, 0) is 0 Å². The molecule has 0 bridgehead atoms. The number of nitrogens with zero attached hydrogens (tertiary/aromatic N) is 1. The van der Waals surface area contributed by atoms with Crippen molar-refractivity contribution in [2.45, 2.75) is 33.6 Å².